The highest BCUT2D eigenvalue weighted by atomic mass is 32.1. The quantitative estimate of drug-likeness (QED) is 0.715. The van der Waals surface area contributed by atoms with Crippen LogP contribution < -0.4 is 5.32 Å². The summed E-state index contributed by atoms with van der Waals surface area (Å²) in [5, 5.41) is 11.5. The van der Waals surface area contributed by atoms with E-state index in [2.05, 4.69) is 5.32 Å². The van der Waals surface area contributed by atoms with Crippen molar-refractivity contribution < 1.29 is 19.4 Å². The van der Waals surface area contributed by atoms with E-state index in [9.17, 15) is 9.59 Å². The van der Waals surface area contributed by atoms with Crippen LogP contribution in [0.15, 0.2) is 12.1 Å². The lowest BCUT2D eigenvalue weighted by molar-refractivity contribution is 0.0702. The molecule has 1 aromatic heterocycles. The lowest BCUT2D eigenvalue weighted by atomic mass is 10.4. The molecule has 1 aromatic rings. The first-order chi connectivity index (χ1) is 9.16. The molecule has 1 heterocycles. The van der Waals surface area contributed by atoms with Gasteiger partial charge in [-0.25, -0.2) is 4.79 Å². The Morgan fingerprint density at radius 3 is 2.74 bits per heavy atom. The third-order valence-electron chi connectivity index (χ3n) is 2.84. The molecule has 0 radical (unpaired) electrons. The maximum atomic E-state index is 11.7. The Labute approximate surface area is 115 Å². The maximum absolute atomic E-state index is 11.7. The van der Waals surface area contributed by atoms with Crippen molar-refractivity contribution in [2.45, 2.75) is 19.3 Å². The van der Waals surface area contributed by atoms with Crippen LogP contribution in [0.1, 0.15) is 38.6 Å². The third-order valence-corrected chi connectivity index (χ3v) is 3.91. The van der Waals surface area contributed by atoms with E-state index in [-0.39, 0.29) is 10.8 Å². The van der Waals surface area contributed by atoms with Crippen LogP contribution >= 0.6 is 11.3 Å². The van der Waals surface area contributed by atoms with E-state index in [0.29, 0.717) is 18.0 Å². The van der Waals surface area contributed by atoms with Crippen LogP contribution in [0.2, 0.25) is 0 Å². The number of rotatable bonds is 8. The molecule has 0 atom stereocenters. The number of ether oxygens (including phenoxy) is 1. The van der Waals surface area contributed by atoms with Crippen LogP contribution in [0.3, 0.4) is 0 Å². The van der Waals surface area contributed by atoms with Gasteiger partial charge in [0.25, 0.3) is 5.91 Å². The highest BCUT2D eigenvalue weighted by Crippen LogP contribution is 2.28. The van der Waals surface area contributed by atoms with Crippen molar-refractivity contribution in [2.75, 3.05) is 19.8 Å². The molecule has 0 aliphatic heterocycles. The summed E-state index contributed by atoms with van der Waals surface area (Å²) in [5.41, 5.74) is 0. The second kappa shape index (κ2) is 6.68. The van der Waals surface area contributed by atoms with E-state index in [1.807, 2.05) is 0 Å². The van der Waals surface area contributed by atoms with Crippen molar-refractivity contribution in [1.29, 1.82) is 0 Å². The molecule has 0 spiro atoms. The first-order valence-electron chi connectivity index (χ1n) is 6.36. The summed E-state index contributed by atoms with van der Waals surface area (Å²) in [4.78, 5) is 23.0. The van der Waals surface area contributed by atoms with Gasteiger partial charge in [0.15, 0.2) is 0 Å². The Morgan fingerprint density at radius 1 is 1.37 bits per heavy atom. The number of nitrogens with one attached hydrogen (secondary N) is 1. The molecule has 0 unspecified atom stereocenters. The first kappa shape index (κ1) is 14.0. The molecule has 6 heteroatoms. The van der Waals surface area contributed by atoms with Crippen LogP contribution in [0.4, 0.5) is 0 Å². The average Bonchev–Trinajstić information content (AvgIpc) is 3.06. The Kier molecular flexibility index (Phi) is 4.93. The number of carbonyl (C=O) groups is 2. The predicted octanol–water partition coefficient (Wildman–Crippen LogP) is 1.99. The second-order valence-corrected chi connectivity index (χ2v) is 5.68. The van der Waals surface area contributed by atoms with Gasteiger partial charge in [-0.3, -0.25) is 4.79 Å². The lowest BCUT2D eigenvalue weighted by Gasteiger charge is -2.04. The summed E-state index contributed by atoms with van der Waals surface area (Å²) >= 11 is 0.987. The van der Waals surface area contributed by atoms with Gasteiger partial charge in [-0.2, -0.15) is 0 Å². The molecule has 0 aromatic carbocycles. The van der Waals surface area contributed by atoms with Gasteiger partial charge in [-0.1, -0.05) is 0 Å². The number of thiophene rings is 1. The first-order valence-corrected chi connectivity index (χ1v) is 7.17. The fraction of sp³-hybridized carbons (Fsp3) is 0.538. The molecule has 1 aliphatic carbocycles. The van der Waals surface area contributed by atoms with Crippen LogP contribution in [-0.2, 0) is 4.74 Å². The second-order valence-electron chi connectivity index (χ2n) is 4.60. The number of carbonyl (C=O) groups excluding carboxylic acids is 1. The molecule has 2 N–H and O–H groups in total. The summed E-state index contributed by atoms with van der Waals surface area (Å²) in [5.74, 6) is -0.465. The average molecular weight is 283 g/mol. The van der Waals surface area contributed by atoms with Gasteiger partial charge in [-0.15, -0.1) is 11.3 Å². The van der Waals surface area contributed by atoms with Crippen molar-refractivity contribution in [2.24, 2.45) is 5.92 Å². The van der Waals surface area contributed by atoms with Crippen LogP contribution in [0.5, 0.6) is 0 Å². The molecule has 1 fully saturated rings. The van der Waals surface area contributed by atoms with Gasteiger partial charge in [0.1, 0.15) is 4.88 Å². The molecule has 1 aliphatic rings. The Morgan fingerprint density at radius 2 is 2.11 bits per heavy atom. The van der Waals surface area contributed by atoms with E-state index >= 15 is 0 Å². The number of hydrogen-bond donors (Lipinski definition) is 2. The van der Waals surface area contributed by atoms with E-state index in [4.69, 9.17) is 9.84 Å². The maximum Gasteiger partial charge on any atom is 0.345 e. The standard InChI is InChI=1S/C13H17NO4S/c15-12(10-4-5-11(19-10)13(16)17)14-6-1-7-18-8-9-2-3-9/h4-5,9H,1-3,6-8H2,(H,14,15)(H,16,17). The fourth-order valence-electron chi connectivity index (χ4n) is 1.57. The minimum Gasteiger partial charge on any atom is -0.477 e. The molecule has 1 saturated carbocycles. The normalized spacial score (nSPS) is 14.3. The van der Waals surface area contributed by atoms with Crippen molar-refractivity contribution in [3.8, 4) is 0 Å². The highest BCUT2D eigenvalue weighted by Gasteiger charge is 2.20. The summed E-state index contributed by atoms with van der Waals surface area (Å²) in [6, 6.07) is 2.98. The van der Waals surface area contributed by atoms with E-state index in [0.717, 1.165) is 30.3 Å². The molecule has 1 amide bonds. The molecule has 0 bridgehead atoms. The number of aromatic carboxylic acids is 1. The molecular formula is C13H17NO4S. The number of carboxylic acid groups (broad SMARTS) is 1. The summed E-state index contributed by atoms with van der Waals surface area (Å²) in [6.07, 6.45) is 3.33. The summed E-state index contributed by atoms with van der Waals surface area (Å²) < 4.78 is 5.45. The minimum absolute atomic E-state index is 0.179. The number of amides is 1. The van der Waals surface area contributed by atoms with E-state index in [1.165, 1.54) is 25.0 Å². The number of carboxylic acids is 1. The molecular weight excluding hydrogens is 266 g/mol. The topological polar surface area (TPSA) is 75.6 Å². The predicted molar refractivity (Wildman–Crippen MR) is 71.8 cm³/mol. The fourth-order valence-corrected chi connectivity index (χ4v) is 2.33. The Bertz CT molecular complexity index is 453. The summed E-state index contributed by atoms with van der Waals surface area (Å²) in [6.45, 7) is 2.03. The van der Waals surface area contributed by atoms with E-state index < -0.39 is 5.97 Å². The van der Waals surface area contributed by atoms with Gasteiger partial charge in [-0.05, 0) is 37.3 Å². The molecule has 19 heavy (non-hydrogen) atoms. The van der Waals surface area contributed by atoms with Crippen LogP contribution in [0, 0.1) is 5.92 Å². The Hall–Kier alpha value is -1.40. The van der Waals surface area contributed by atoms with E-state index in [1.54, 1.807) is 0 Å². The van der Waals surface area contributed by atoms with Gasteiger partial charge in [0.2, 0.25) is 0 Å². The lowest BCUT2D eigenvalue weighted by Crippen LogP contribution is -2.24. The van der Waals surface area contributed by atoms with Crippen molar-refractivity contribution >= 4 is 23.2 Å². The number of hydrogen-bond acceptors (Lipinski definition) is 4. The molecule has 5 nitrogen and oxygen atoms in total. The van der Waals surface area contributed by atoms with Crippen molar-refractivity contribution in [3.63, 3.8) is 0 Å². The van der Waals surface area contributed by atoms with Crippen LogP contribution in [-0.4, -0.2) is 36.7 Å². The van der Waals surface area contributed by atoms with Crippen LogP contribution in [0.25, 0.3) is 0 Å². The molecule has 0 saturated heterocycles. The van der Waals surface area contributed by atoms with Gasteiger partial charge in [0.05, 0.1) is 4.88 Å². The summed E-state index contributed by atoms with van der Waals surface area (Å²) in [7, 11) is 0. The van der Waals surface area contributed by atoms with Crippen molar-refractivity contribution in [3.05, 3.63) is 21.9 Å². The zero-order valence-electron chi connectivity index (χ0n) is 10.6. The monoisotopic (exact) mass is 283 g/mol. The smallest absolute Gasteiger partial charge is 0.345 e. The Balaban J connectivity index is 1.61. The molecule has 2 rings (SSSR count). The highest BCUT2D eigenvalue weighted by molar-refractivity contribution is 7.15. The zero-order chi connectivity index (χ0) is 13.7. The van der Waals surface area contributed by atoms with Gasteiger partial charge in [0, 0.05) is 19.8 Å². The minimum atomic E-state index is -1.00. The van der Waals surface area contributed by atoms with Crippen molar-refractivity contribution in [1.82, 2.24) is 5.32 Å². The van der Waals surface area contributed by atoms with Gasteiger partial charge < -0.3 is 15.2 Å². The third kappa shape index (κ3) is 4.65. The molecule has 104 valence electrons. The largest absolute Gasteiger partial charge is 0.477 e. The SMILES string of the molecule is O=C(O)c1ccc(C(=O)NCCCOCC2CC2)s1. The zero-order valence-corrected chi connectivity index (χ0v) is 11.4. The van der Waals surface area contributed by atoms with Gasteiger partial charge >= 0.3 is 5.97 Å².